The van der Waals surface area contributed by atoms with Gasteiger partial charge in [0, 0.05) is 12.4 Å². The van der Waals surface area contributed by atoms with Crippen LogP contribution >= 0.6 is 0 Å². The number of fused-ring (bicyclic) bond motifs is 1. The summed E-state index contributed by atoms with van der Waals surface area (Å²) in [5.74, 6) is 2.85. The van der Waals surface area contributed by atoms with E-state index in [4.69, 9.17) is 4.42 Å². The first-order valence-electron chi connectivity index (χ1n) is 7.10. The maximum atomic E-state index is 5.94. The molecule has 0 aliphatic rings. The zero-order chi connectivity index (χ0) is 15.0. The van der Waals surface area contributed by atoms with E-state index in [0.717, 1.165) is 34.9 Å². The Morgan fingerprint density at radius 3 is 2.71 bits per heavy atom. The fourth-order valence-corrected chi connectivity index (χ4v) is 2.37. The lowest BCUT2D eigenvalue weighted by atomic mass is 10.2. The minimum atomic E-state index is 0.175. The minimum absolute atomic E-state index is 0.175. The summed E-state index contributed by atoms with van der Waals surface area (Å²) in [4.78, 5) is 2.21. The van der Waals surface area contributed by atoms with Crippen LogP contribution in [0.3, 0.4) is 0 Å². The molecular formula is C16H20N4O. The quantitative estimate of drug-likeness (QED) is 0.738. The molecule has 1 unspecified atom stereocenters. The van der Waals surface area contributed by atoms with Gasteiger partial charge in [0.1, 0.15) is 23.0 Å². The van der Waals surface area contributed by atoms with Gasteiger partial charge in [0.25, 0.3) is 0 Å². The van der Waals surface area contributed by atoms with Crippen molar-refractivity contribution in [2.75, 3.05) is 7.05 Å². The van der Waals surface area contributed by atoms with Gasteiger partial charge in [0.05, 0.1) is 12.6 Å². The van der Waals surface area contributed by atoms with E-state index < -0.39 is 0 Å². The van der Waals surface area contributed by atoms with Crippen molar-refractivity contribution in [1.29, 1.82) is 0 Å². The van der Waals surface area contributed by atoms with Crippen molar-refractivity contribution in [3.63, 3.8) is 0 Å². The third-order valence-corrected chi connectivity index (χ3v) is 4.09. The predicted octanol–water partition coefficient (Wildman–Crippen LogP) is 3.06. The normalized spacial score (nSPS) is 13.2. The molecule has 2 aromatic heterocycles. The zero-order valence-corrected chi connectivity index (χ0v) is 12.9. The SMILES string of the molecule is Cc1nnc(CN(C)C(C)c2cc3ccccc3o2)n1C. The standard InChI is InChI=1S/C16H20N4O/c1-11(15-9-13-7-5-6-8-14(13)21-15)19(3)10-16-18-17-12(2)20(16)4/h5-9,11H,10H2,1-4H3. The Bertz CT molecular complexity index is 726. The molecule has 5 heteroatoms. The summed E-state index contributed by atoms with van der Waals surface area (Å²) in [6.45, 7) is 4.83. The number of aromatic nitrogens is 3. The molecule has 5 nitrogen and oxygen atoms in total. The highest BCUT2D eigenvalue weighted by Gasteiger charge is 2.18. The van der Waals surface area contributed by atoms with Crippen LogP contribution in [0.5, 0.6) is 0 Å². The first kappa shape index (κ1) is 13.8. The molecule has 0 bridgehead atoms. The number of para-hydroxylation sites is 1. The van der Waals surface area contributed by atoms with E-state index in [-0.39, 0.29) is 6.04 Å². The van der Waals surface area contributed by atoms with Crippen LogP contribution in [0, 0.1) is 6.92 Å². The van der Waals surface area contributed by atoms with Crippen LogP contribution in [0.1, 0.15) is 30.4 Å². The lowest BCUT2D eigenvalue weighted by Gasteiger charge is -2.22. The number of nitrogens with zero attached hydrogens (tertiary/aromatic N) is 4. The van der Waals surface area contributed by atoms with E-state index >= 15 is 0 Å². The lowest BCUT2D eigenvalue weighted by molar-refractivity contribution is 0.219. The number of hydrogen-bond acceptors (Lipinski definition) is 4. The fraction of sp³-hybridized carbons (Fsp3) is 0.375. The van der Waals surface area contributed by atoms with Crippen molar-refractivity contribution in [3.8, 4) is 0 Å². The van der Waals surface area contributed by atoms with Crippen molar-refractivity contribution in [2.45, 2.75) is 26.4 Å². The monoisotopic (exact) mass is 284 g/mol. The molecule has 0 aliphatic heterocycles. The molecule has 1 aromatic carbocycles. The number of rotatable bonds is 4. The predicted molar refractivity (Wildman–Crippen MR) is 81.8 cm³/mol. The molecule has 1 atom stereocenters. The van der Waals surface area contributed by atoms with E-state index in [0.29, 0.717) is 0 Å². The summed E-state index contributed by atoms with van der Waals surface area (Å²) >= 11 is 0. The maximum Gasteiger partial charge on any atom is 0.146 e. The highest BCUT2D eigenvalue weighted by molar-refractivity contribution is 5.77. The lowest BCUT2D eigenvalue weighted by Crippen LogP contribution is -2.23. The molecule has 21 heavy (non-hydrogen) atoms. The van der Waals surface area contributed by atoms with Gasteiger partial charge in [-0.3, -0.25) is 4.90 Å². The fourth-order valence-electron chi connectivity index (χ4n) is 2.37. The average molecular weight is 284 g/mol. The van der Waals surface area contributed by atoms with E-state index in [1.165, 1.54) is 0 Å². The van der Waals surface area contributed by atoms with Crippen LogP contribution in [0.4, 0.5) is 0 Å². The molecule has 0 saturated carbocycles. The van der Waals surface area contributed by atoms with Gasteiger partial charge < -0.3 is 8.98 Å². The Morgan fingerprint density at radius 1 is 1.29 bits per heavy atom. The second-order valence-corrected chi connectivity index (χ2v) is 5.50. The highest BCUT2D eigenvalue weighted by atomic mass is 16.3. The van der Waals surface area contributed by atoms with Gasteiger partial charge in [-0.05, 0) is 33.0 Å². The molecule has 0 aliphatic carbocycles. The Morgan fingerprint density at radius 2 is 2.05 bits per heavy atom. The number of aryl methyl sites for hydroxylation is 1. The second-order valence-electron chi connectivity index (χ2n) is 5.50. The number of furan rings is 1. The highest BCUT2D eigenvalue weighted by Crippen LogP contribution is 2.27. The summed E-state index contributed by atoms with van der Waals surface area (Å²) in [5.41, 5.74) is 0.933. The van der Waals surface area contributed by atoms with Gasteiger partial charge in [-0.2, -0.15) is 0 Å². The minimum Gasteiger partial charge on any atom is -0.459 e. The molecule has 110 valence electrons. The van der Waals surface area contributed by atoms with Gasteiger partial charge in [0.2, 0.25) is 0 Å². The van der Waals surface area contributed by atoms with Crippen molar-refractivity contribution < 1.29 is 4.42 Å². The van der Waals surface area contributed by atoms with E-state index in [1.54, 1.807) is 0 Å². The van der Waals surface area contributed by atoms with Crippen LogP contribution in [-0.4, -0.2) is 26.7 Å². The Hall–Kier alpha value is -2.14. The molecule has 0 fully saturated rings. The molecule has 0 amide bonds. The molecule has 0 spiro atoms. The summed E-state index contributed by atoms with van der Waals surface area (Å²) in [6, 6.07) is 10.4. The van der Waals surface area contributed by atoms with Crippen molar-refractivity contribution in [1.82, 2.24) is 19.7 Å². The summed E-state index contributed by atoms with van der Waals surface area (Å²) in [7, 11) is 4.06. The molecule has 3 rings (SSSR count). The average Bonchev–Trinajstić information content (AvgIpc) is 3.04. The van der Waals surface area contributed by atoms with Crippen LogP contribution in [0.15, 0.2) is 34.7 Å². The molecule has 0 saturated heterocycles. The van der Waals surface area contributed by atoms with Crippen LogP contribution in [0.2, 0.25) is 0 Å². The Kier molecular flexibility index (Phi) is 3.51. The van der Waals surface area contributed by atoms with Crippen LogP contribution < -0.4 is 0 Å². The van der Waals surface area contributed by atoms with Gasteiger partial charge in [-0.15, -0.1) is 10.2 Å². The summed E-state index contributed by atoms with van der Waals surface area (Å²) in [6.07, 6.45) is 0. The van der Waals surface area contributed by atoms with Crippen molar-refractivity contribution in [3.05, 3.63) is 47.7 Å². The van der Waals surface area contributed by atoms with Gasteiger partial charge in [0.15, 0.2) is 0 Å². The number of hydrogen-bond donors (Lipinski definition) is 0. The summed E-state index contributed by atoms with van der Waals surface area (Å²) < 4.78 is 7.96. The molecule has 2 heterocycles. The first-order valence-corrected chi connectivity index (χ1v) is 7.10. The van der Waals surface area contributed by atoms with Gasteiger partial charge >= 0.3 is 0 Å². The summed E-state index contributed by atoms with van der Waals surface area (Å²) in [5, 5.41) is 9.45. The molecule has 3 aromatic rings. The van der Waals surface area contributed by atoms with Gasteiger partial charge in [-0.1, -0.05) is 18.2 Å². The first-order chi connectivity index (χ1) is 10.1. The van der Waals surface area contributed by atoms with Crippen LogP contribution in [-0.2, 0) is 13.6 Å². The zero-order valence-electron chi connectivity index (χ0n) is 12.9. The number of benzene rings is 1. The molecule has 0 N–H and O–H groups in total. The second kappa shape index (κ2) is 5.33. The smallest absolute Gasteiger partial charge is 0.146 e. The van der Waals surface area contributed by atoms with Crippen molar-refractivity contribution >= 4 is 11.0 Å². The molecule has 0 radical (unpaired) electrons. The topological polar surface area (TPSA) is 47.1 Å². The van der Waals surface area contributed by atoms with E-state index in [2.05, 4.69) is 41.2 Å². The van der Waals surface area contributed by atoms with Gasteiger partial charge in [-0.25, -0.2) is 0 Å². The van der Waals surface area contributed by atoms with E-state index in [9.17, 15) is 0 Å². The van der Waals surface area contributed by atoms with Crippen LogP contribution in [0.25, 0.3) is 11.0 Å². The Labute approximate surface area is 124 Å². The van der Waals surface area contributed by atoms with Crippen molar-refractivity contribution in [2.24, 2.45) is 7.05 Å². The Balaban J connectivity index is 1.80. The molecular weight excluding hydrogens is 264 g/mol. The third-order valence-electron chi connectivity index (χ3n) is 4.09. The van der Waals surface area contributed by atoms with E-state index in [1.807, 2.05) is 36.7 Å². The maximum absolute atomic E-state index is 5.94. The third kappa shape index (κ3) is 2.56. The largest absolute Gasteiger partial charge is 0.459 e.